The average Bonchev–Trinajstić information content (AvgIpc) is 3.28. The van der Waals surface area contributed by atoms with E-state index >= 15 is 0 Å². The highest BCUT2D eigenvalue weighted by molar-refractivity contribution is 5.58. The van der Waals surface area contributed by atoms with Crippen molar-refractivity contribution in [3.8, 4) is 11.5 Å². The van der Waals surface area contributed by atoms with Gasteiger partial charge in [-0.25, -0.2) is 19.3 Å². The largest absolute Gasteiger partial charge is 0.371 e. The van der Waals surface area contributed by atoms with Gasteiger partial charge in [-0.05, 0) is 36.6 Å². The van der Waals surface area contributed by atoms with Gasteiger partial charge in [0, 0.05) is 37.2 Å². The standard InChI is InChI=1S/C26H27FN6O/c1-19(17-34-18-20-6-3-2-4-7-20)32-13-5-8-22(16-32)30-24-11-12-28-26(31-24)23-14-29-25-10-9-21(27)15-33(23)25/h2-4,6-7,9-12,14-15,22H,1,5,8,13,16-18H2,(H,28,30,31)/t22-/m1/s1. The van der Waals surface area contributed by atoms with Crippen LogP contribution in [0.4, 0.5) is 10.2 Å². The summed E-state index contributed by atoms with van der Waals surface area (Å²) in [5.41, 5.74) is 3.43. The molecule has 174 valence electrons. The molecule has 0 aliphatic carbocycles. The Morgan fingerprint density at radius 2 is 2.03 bits per heavy atom. The van der Waals surface area contributed by atoms with Crippen LogP contribution in [0, 0.1) is 5.82 Å². The van der Waals surface area contributed by atoms with Crippen LogP contribution in [0.1, 0.15) is 18.4 Å². The van der Waals surface area contributed by atoms with Crippen LogP contribution in [-0.4, -0.2) is 50.0 Å². The van der Waals surface area contributed by atoms with Crippen molar-refractivity contribution in [2.24, 2.45) is 0 Å². The number of rotatable bonds is 8. The highest BCUT2D eigenvalue weighted by Crippen LogP contribution is 2.21. The van der Waals surface area contributed by atoms with Crippen LogP contribution >= 0.6 is 0 Å². The fourth-order valence-electron chi connectivity index (χ4n) is 4.23. The van der Waals surface area contributed by atoms with Gasteiger partial charge in [0.25, 0.3) is 0 Å². The number of hydrogen-bond donors (Lipinski definition) is 1. The number of pyridine rings is 1. The van der Waals surface area contributed by atoms with Gasteiger partial charge in [0.2, 0.25) is 0 Å². The molecule has 1 aliphatic heterocycles. The van der Waals surface area contributed by atoms with E-state index in [1.807, 2.05) is 24.3 Å². The minimum atomic E-state index is -0.337. The number of nitrogens with zero attached hydrogens (tertiary/aromatic N) is 5. The summed E-state index contributed by atoms with van der Waals surface area (Å²) in [6, 6.07) is 15.2. The summed E-state index contributed by atoms with van der Waals surface area (Å²) >= 11 is 0. The first-order valence-corrected chi connectivity index (χ1v) is 11.4. The van der Waals surface area contributed by atoms with Crippen molar-refractivity contribution in [3.63, 3.8) is 0 Å². The molecule has 0 spiro atoms. The Balaban J connectivity index is 1.20. The molecule has 0 unspecified atom stereocenters. The van der Waals surface area contributed by atoms with Gasteiger partial charge in [0.1, 0.15) is 23.0 Å². The molecule has 1 N–H and O–H groups in total. The molecule has 1 atom stereocenters. The second-order valence-corrected chi connectivity index (χ2v) is 8.46. The summed E-state index contributed by atoms with van der Waals surface area (Å²) in [6.45, 7) is 7.12. The molecule has 7 nitrogen and oxygen atoms in total. The van der Waals surface area contributed by atoms with Crippen molar-refractivity contribution >= 4 is 11.5 Å². The summed E-state index contributed by atoms with van der Waals surface area (Å²) in [4.78, 5) is 15.7. The van der Waals surface area contributed by atoms with Gasteiger partial charge in [-0.3, -0.25) is 4.40 Å². The van der Waals surface area contributed by atoms with Crippen LogP contribution in [0.5, 0.6) is 0 Å². The number of fused-ring (bicyclic) bond motifs is 1. The molecule has 4 aromatic rings. The summed E-state index contributed by atoms with van der Waals surface area (Å²) in [6.07, 6.45) is 6.86. The van der Waals surface area contributed by atoms with Crippen molar-refractivity contribution < 1.29 is 9.13 Å². The monoisotopic (exact) mass is 458 g/mol. The van der Waals surface area contributed by atoms with Crippen LogP contribution in [0.15, 0.2) is 79.4 Å². The van der Waals surface area contributed by atoms with Crippen molar-refractivity contribution in [1.82, 2.24) is 24.3 Å². The quantitative estimate of drug-likeness (QED) is 0.418. The topological polar surface area (TPSA) is 67.6 Å². The second-order valence-electron chi connectivity index (χ2n) is 8.46. The Morgan fingerprint density at radius 1 is 1.15 bits per heavy atom. The summed E-state index contributed by atoms with van der Waals surface area (Å²) in [5.74, 6) is 0.889. The van der Waals surface area contributed by atoms with Crippen molar-refractivity contribution in [2.75, 3.05) is 25.0 Å². The first kappa shape index (κ1) is 22.0. The first-order valence-electron chi connectivity index (χ1n) is 11.4. The minimum absolute atomic E-state index is 0.224. The van der Waals surface area contributed by atoms with Gasteiger partial charge in [-0.1, -0.05) is 36.9 Å². The zero-order valence-corrected chi connectivity index (χ0v) is 18.9. The van der Waals surface area contributed by atoms with Crippen LogP contribution in [0.2, 0.25) is 0 Å². The molecular formula is C26H27FN6O. The SMILES string of the molecule is C=C(COCc1ccccc1)N1CCC[C@@H](Nc2ccnc(-c3cnc4ccc(F)cn34)n2)C1. The Bertz CT molecular complexity index is 1270. The van der Waals surface area contributed by atoms with E-state index in [1.165, 1.54) is 12.3 Å². The molecule has 1 aliphatic rings. The van der Waals surface area contributed by atoms with Gasteiger partial charge in [-0.15, -0.1) is 0 Å². The molecule has 0 radical (unpaired) electrons. The van der Waals surface area contributed by atoms with Crippen LogP contribution < -0.4 is 5.32 Å². The lowest BCUT2D eigenvalue weighted by Gasteiger charge is -2.36. The number of hydrogen-bond acceptors (Lipinski definition) is 6. The molecule has 34 heavy (non-hydrogen) atoms. The first-order chi connectivity index (χ1) is 16.7. The highest BCUT2D eigenvalue weighted by atomic mass is 19.1. The maximum Gasteiger partial charge on any atom is 0.180 e. The minimum Gasteiger partial charge on any atom is -0.371 e. The summed E-state index contributed by atoms with van der Waals surface area (Å²) < 4.78 is 21.3. The molecule has 3 aromatic heterocycles. The van der Waals surface area contributed by atoms with E-state index in [1.54, 1.807) is 22.9 Å². The Labute approximate surface area is 198 Å². The van der Waals surface area contributed by atoms with Crippen LogP contribution in [-0.2, 0) is 11.3 Å². The smallest absolute Gasteiger partial charge is 0.180 e. The zero-order valence-electron chi connectivity index (χ0n) is 18.9. The van der Waals surface area contributed by atoms with Crippen LogP contribution in [0.25, 0.3) is 17.2 Å². The van der Waals surface area contributed by atoms with Gasteiger partial charge < -0.3 is 15.0 Å². The number of halogens is 1. The normalized spacial score (nSPS) is 16.0. The van der Waals surface area contributed by atoms with Gasteiger partial charge >= 0.3 is 0 Å². The Hall–Kier alpha value is -3.78. The maximum absolute atomic E-state index is 13.7. The Kier molecular flexibility index (Phi) is 6.49. The highest BCUT2D eigenvalue weighted by Gasteiger charge is 2.21. The number of likely N-dealkylation sites (tertiary alicyclic amines) is 1. The van der Waals surface area contributed by atoms with Crippen molar-refractivity contribution in [1.29, 1.82) is 0 Å². The summed E-state index contributed by atoms with van der Waals surface area (Å²) in [7, 11) is 0. The molecule has 0 bridgehead atoms. The fourth-order valence-corrected chi connectivity index (χ4v) is 4.23. The average molecular weight is 459 g/mol. The Morgan fingerprint density at radius 3 is 2.91 bits per heavy atom. The number of ether oxygens (including phenoxy) is 1. The molecule has 0 saturated carbocycles. The fraction of sp³-hybridized carbons (Fsp3) is 0.269. The predicted octanol–water partition coefficient (Wildman–Crippen LogP) is 4.54. The number of anilines is 1. The van der Waals surface area contributed by atoms with Crippen molar-refractivity contribution in [3.05, 3.63) is 90.8 Å². The third-order valence-corrected chi connectivity index (χ3v) is 5.96. The van der Waals surface area contributed by atoms with E-state index in [-0.39, 0.29) is 11.9 Å². The molecular weight excluding hydrogens is 431 g/mol. The van der Waals surface area contributed by atoms with E-state index < -0.39 is 0 Å². The van der Waals surface area contributed by atoms with Gasteiger partial charge in [0.05, 0.1) is 19.4 Å². The lowest BCUT2D eigenvalue weighted by molar-refractivity contribution is 0.116. The third-order valence-electron chi connectivity index (χ3n) is 5.96. The van der Waals surface area contributed by atoms with E-state index in [0.29, 0.717) is 30.4 Å². The predicted molar refractivity (Wildman–Crippen MR) is 130 cm³/mol. The number of benzene rings is 1. The number of imidazole rings is 1. The molecule has 4 heterocycles. The van der Waals surface area contributed by atoms with E-state index in [4.69, 9.17) is 4.74 Å². The van der Waals surface area contributed by atoms with E-state index in [0.717, 1.165) is 43.0 Å². The van der Waals surface area contributed by atoms with Crippen molar-refractivity contribution in [2.45, 2.75) is 25.5 Å². The van der Waals surface area contributed by atoms with E-state index in [9.17, 15) is 4.39 Å². The number of aromatic nitrogens is 4. The maximum atomic E-state index is 13.7. The molecule has 1 saturated heterocycles. The molecule has 0 amide bonds. The second kappa shape index (κ2) is 10.0. The van der Waals surface area contributed by atoms with Gasteiger partial charge in [-0.2, -0.15) is 0 Å². The number of piperidine rings is 1. The van der Waals surface area contributed by atoms with Gasteiger partial charge in [0.15, 0.2) is 5.82 Å². The lowest BCUT2D eigenvalue weighted by Crippen LogP contribution is -2.42. The van der Waals surface area contributed by atoms with Crippen LogP contribution in [0.3, 0.4) is 0 Å². The molecule has 5 rings (SSSR count). The molecule has 8 heteroatoms. The van der Waals surface area contributed by atoms with E-state index in [2.05, 4.69) is 43.9 Å². The lowest BCUT2D eigenvalue weighted by atomic mass is 10.1. The third kappa shape index (κ3) is 5.07. The molecule has 1 aromatic carbocycles. The summed E-state index contributed by atoms with van der Waals surface area (Å²) in [5, 5.41) is 3.53. The number of nitrogens with one attached hydrogen (secondary N) is 1. The zero-order chi connectivity index (χ0) is 23.3. The molecule has 1 fully saturated rings.